The SMILES string of the molecule is CS(=O)(=O)c1cc(F)c(-c2nc(C(F)F)[nH]c2-c2cc(Br)cc(Br)c2)cc1F. The third kappa shape index (κ3) is 4.15. The van der Waals surface area contributed by atoms with Crippen molar-refractivity contribution in [2.45, 2.75) is 11.3 Å². The minimum Gasteiger partial charge on any atom is -0.337 e. The van der Waals surface area contributed by atoms with Gasteiger partial charge in [0.2, 0.25) is 0 Å². The number of imidazole rings is 1. The minimum absolute atomic E-state index is 0.0303. The summed E-state index contributed by atoms with van der Waals surface area (Å²) in [5, 5.41) is 0. The maximum Gasteiger partial charge on any atom is 0.295 e. The summed E-state index contributed by atoms with van der Waals surface area (Å²) in [6.07, 6.45) is -2.25. The normalized spacial score (nSPS) is 12.0. The number of aromatic nitrogens is 2. The Morgan fingerprint density at radius 3 is 2.14 bits per heavy atom. The van der Waals surface area contributed by atoms with Crippen LogP contribution in [0.2, 0.25) is 0 Å². The molecule has 0 aliphatic rings. The summed E-state index contributed by atoms with van der Waals surface area (Å²) in [5.74, 6) is -3.04. The molecule has 0 bridgehead atoms. The zero-order valence-corrected chi connectivity index (χ0v) is 17.9. The van der Waals surface area contributed by atoms with E-state index in [9.17, 15) is 26.0 Å². The summed E-state index contributed by atoms with van der Waals surface area (Å²) in [4.78, 5) is 5.32. The van der Waals surface area contributed by atoms with Gasteiger partial charge in [-0.1, -0.05) is 31.9 Å². The van der Waals surface area contributed by atoms with E-state index in [4.69, 9.17) is 0 Å². The second-order valence-corrected chi connectivity index (χ2v) is 9.65. The number of aromatic amines is 1. The molecular formula is C17H10Br2F4N2O2S. The first kappa shape index (κ1) is 21.0. The topological polar surface area (TPSA) is 62.8 Å². The summed E-state index contributed by atoms with van der Waals surface area (Å²) >= 11 is 6.54. The zero-order valence-electron chi connectivity index (χ0n) is 13.9. The van der Waals surface area contributed by atoms with Gasteiger partial charge in [-0.25, -0.2) is 31.0 Å². The Hall–Kier alpha value is -1.72. The van der Waals surface area contributed by atoms with Gasteiger partial charge in [-0.05, 0) is 30.3 Å². The Morgan fingerprint density at radius 1 is 1.00 bits per heavy atom. The fraction of sp³-hybridized carbons (Fsp3) is 0.118. The molecule has 0 aliphatic heterocycles. The van der Waals surface area contributed by atoms with Crippen LogP contribution in [0.4, 0.5) is 17.6 Å². The maximum atomic E-state index is 14.6. The van der Waals surface area contributed by atoms with Gasteiger partial charge in [0.05, 0.1) is 11.4 Å². The highest BCUT2D eigenvalue weighted by atomic mass is 79.9. The van der Waals surface area contributed by atoms with Gasteiger partial charge in [-0.3, -0.25) is 0 Å². The largest absolute Gasteiger partial charge is 0.337 e. The van der Waals surface area contributed by atoms with Crippen LogP contribution in [0.1, 0.15) is 12.2 Å². The number of sulfone groups is 1. The number of nitrogens with one attached hydrogen (secondary N) is 1. The van der Waals surface area contributed by atoms with Gasteiger partial charge in [-0.15, -0.1) is 0 Å². The maximum absolute atomic E-state index is 14.6. The van der Waals surface area contributed by atoms with Gasteiger partial charge in [0.1, 0.15) is 16.5 Å². The van der Waals surface area contributed by atoms with E-state index in [1.807, 2.05) is 0 Å². The van der Waals surface area contributed by atoms with Gasteiger partial charge in [-0.2, -0.15) is 0 Å². The summed E-state index contributed by atoms with van der Waals surface area (Å²) in [6, 6.07) is 6.01. The molecule has 0 amide bonds. The van der Waals surface area contributed by atoms with Gasteiger partial charge in [0, 0.05) is 26.3 Å². The van der Waals surface area contributed by atoms with Crippen molar-refractivity contribution in [3.05, 3.63) is 56.7 Å². The lowest BCUT2D eigenvalue weighted by molar-refractivity contribution is 0.141. The number of rotatable bonds is 4. The Balaban J connectivity index is 2.29. The van der Waals surface area contributed by atoms with Crippen LogP contribution in [0.25, 0.3) is 22.5 Å². The first-order valence-electron chi connectivity index (χ1n) is 7.51. The highest BCUT2D eigenvalue weighted by Crippen LogP contribution is 2.37. The number of nitrogens with zero attached hydrogens (tertiary/aromatic N) is 1. The lowest BCUT2D eigenvalue weighted by Gasteiger charge is -2.08. The molecule has 4 nitrogen and oxygen atoms in total. The molecule has 0 saturated carbocycles. The molecule has 11 heteroatoms. The van der Waals surface area contributed by atoms with Crippen molar-refractivity contribution in [2.75, 3.05) is 6.26 Å². The Labute approximate surface area is 174 Å². The van der Waals surface area contributed by atoms with Crippen LogP contribution in [0, 0.1) is 11.6 Å². The van der Waals surface area contributed by atoms with E-state index in [1.54, 1.807) is 18.2 Å². The van der Waals surface area contributed by atoms with E-state index in [1.165, 1.54) is 0 Å². The van der Waals surface area contributed by atoms with Crippen molar-refractivity contribution in [3.63, 3.8) is 0 Å². The van der Waals surface area contributed by atoms with Crippen LogP contribution >= 0.6 is 31.9 Å². The standard InChI is InChI=1S/C17H10Br2F4N2O2S/c1-28(26,27)13-6-11(20)10(5-12(13)21)15-14(24-17(25-15)16(22)23)7-2-8(18)4-9(19)3-7/h2-6,16H,1H3,(H,24,25). The second kappa shape index (κ2) is 7.60. The number of hydrogen-bond donors (Lipinski definition) is 1. The smallest absolute Gasteiger partial charge is 0.295 e. The van der Waals surface area contributed by atoms with E-state index >= 15 is 0 Å². The molecule has 3 aromatic rings. The van der Waals surface area contributed by atoms with E-state index < -0.39 is 44.2 Å². The minimum atomic E-state index is -4.01. The van der Waals surface area contributed by atoms with Crippen molar-refractivity contribution in [3.8, 4) is 22.5 Å². The average molecular weight is 542 g/mol. The highest BCUT2D eigenvalue weighted by Gasteiger charge is 2.25. The molecule has 148 valence electrons. The molecule has 0 saturated heterocycles. The number of benzene rings is 2. The first-order valence-corrected chi connectivity index (χ1v) is 11.0. The fourth-order valence-electron chi connectivity index (χ4n) is 2.59. The van der Waals surface area contributed by atoms with Crippen molar-refractivity contribution in [1.82, 2.24) is 9.97 Å². The third-order valence-electron chi connectivity index (χ3n) is 3.76. The molecule has 0 radical (unpaired) electrons. The zero-order chi connectivity index (χ0) is 20.8. The van der Waals surface area contributed by atoms with Crippen molar-refractivity contribution >= 4 is 41.7 Å². The molecule has 0 atom stereocenters. The quantitative estimate of drug-likeness (QED) is 0.419. The van der Waals surface area contributed by atoms with Gasteiger partial charge in [0.25, 0.3) is 6.43 Å². The van der Waals surface area contributed by atoms with E-state index in [0.29, 0.717) is 26.6 Å². The summed E-state index contributed by atoms with van der Waals surface area (Å²) in [7, 11) is -4.01. The Morgan fingerprint density at radius 2 is 1.61 bits per heavy atom. The van der Waals surface area contributed by atoms with Crippen molar-refractivity contribution in [2.24, 2.45) is 0 Å². The number of alkyl halides is 2. The summed E-state index contributed by atoms with van der Waals surface area (Å²) in [5.41, 5.74) is -0.304. The second-order valence-electron chi connectivity index (χ2n) is 5.84. The third-order valence-corrected chi connectivity index (χ3v) is 5.78. The molecule has 0 aliphatic carbocycles. The molecule has 1 N–H and O–H groups in total. The van der Waals surface area contributed by atoms with Gasteiger partial charge >= 0.3 is 0 Å². The van der Waals surface area contributed by atoms with E-state index in [2.05, 4.69) is 41.8 Å². The Kier molecular flexibility index (Phi) is 5.70. The molecule has 28 heavy (non-hydrogen) atoms. The van der Waals surface area contributed by atoms with Gasteiger partial charge < -0.3 is 4.98 Å². The number of hydrogen-bond acceptors (Lipinski definition) is 3. The van der Waals surface area contributed by atoms with Gasteiger partial charge in [0.15, 0.2) is 15.7 Å². The molecule has 3 rings (SSSR count). The Bertz CT molecular complexity index is 1160. The average Bonchev–Trinajstić information content (AvgIpc) is 3.00. The molecule has 0 spiro atoms. The predicted octanol–water partition coefficient (Wildman–Crippen LogP) is 5.89. The number of halogens is 6. The van der Waals surface area contributed by atoms with Crippen LogP contribution in [0.3, 0.4) is 0 Å². The molecule has 0 unspecified atom stereocenters. The molecule has 1 aromatic heterocycles. The van der Waals surface area contributed by atoms with Crippen molar-refractivity contribution in [1.29, 1.82) is 0 Å². The summed E-state index contributed by atoms with van der Waals surface area (Å²) in [6.45, 7) is 0. The van der Waals surface area contributed by atoms with E-state index in [0.717, 1.165) is 6.26 Å². The van der Waals surface area contributed by atoms with Crippen LogP contribution in [-0.4, -0.2) is 24.6 Å². The van der Waals surface area contributed by atoms with Crippen LogP contribution < -0.4 is 0 Å². The number of H-pyrrole nitrogens is 1. The highest BCUT2D eigenvalue weighted by molar-refractivity contribution is 9.11. The van der Waals surface area contributed by atoms with E-state index in [-0.39, 0.29) is 11.4 Å². The molecule has 2 aromatic carbocycles. The molecular weight excluding hydrogens is 532 g/mol. The van der Waals surface area contributed by atoms with Crippen LogP contribution in [0.15, 0.2) is 44.2 Å². The lowest BCUT2D eigenvalue weighted by atomic mass is 10.0. The first-order chi connectivity index (χ1) is 13.0. The molecule has 1 heterocycles. The monoisotopic (exact) mass is 540 g/mol. The van der Waals surface area contributed by atoms with Crippen molar-refractivity contribution < 1.29 is 26.0 Å². The fourth-order valence-corrected chi connectivity index (χ4v) is 4.62. The van der Waals surface area contributed by atoms with Crippen LogP contribution in [-0.2, 0) is 9.84 Å². The lowest BCUT2D eigenvalue weighted by Crippen LogP contribution is -2.03. The predicted molar refractivity (Wildman–Crippen MR) is 103 cm³/mol. The molecule has 0 fully saturated rings. The summed E-state index contributed by atoms with van der Waals surface area (Å²) < 4.78 is 79.7. The van der Waals surface area contributed by atoms with Crippen LogP contribution in [0.5, 0.6) is 0 Å².